The molecule has 2 aromatic rings. The maximum atomic E-state index is 13.1. The molecule has 0 spiro atoms. The fourth-order valence-electron chi connectivity index (χ4n) is 3.01. The number of carbonyl (C=O) groups is 2. The summed E-state index contributed by atoms with van der Waals surface area (Å²) in [6, 6.07) is 14.9. The van der Waals surface area contributed by atoms with Crippen LogP contribution in [0, 0.1) is 6.92 Å². The van der Waals surface area contributed by atoms with Gasteiger partial charge in [0.25, 0.3) is 0 Å². The van der Waals surface area contributed by atoms with E-state index >= 15 is 0 Å². The summed E-state index contributed by atoms with van der Waals surface area (Å²) in [5, 5.41) is 2.89. The molecule has 1 atom stereocenters. The van der Waals surface area contributed by atoms with Crippen molar-refractivity contribution in [2.45, 2.75) is 46.2 Å². The van der Waals surface area contributed by atoms with Crippen molar-refractivity contribution in [1.29, 1.82) is 0 Å². The van der Waals surface area contributed by atoms with Crippen LogP contribution < -0.4 is 10.1 Å². The van der Waals surface area contributed by atoms with Gasteiger partial charge in [0.1, 0.15) is 11.8 Å². The van der Waals surface area contributed by atoms with Crippen molar-refractivity contribution < 1.29 is 14.3 Å². The summed E-state index contributed by atoms with van der Waals surface area (Å²) in [5.41, 5.74) is 3.03. The molecule has 1 unspecified atom stereocenters. The van der Waals surface area contributed by atoms with E-state index in [-0.39, 0.29) is 18.2 Å². The molecule has 0 saturated carbocycles. The van der Waals surface area contributed by atoms with Crippen LogP contribution in [0.3, 0.4) is 0 Å². The third kappa shape index (κ3) is 6.12. The number of amides is 2. The summed E-state index contributed by atoms with van der Waals surface area (Å²) in [5.74, 6) is 0.545. The lowest BCUT2D eigenvalue weighted by Crippen LogP contribution is -2.48. The van der Waals surface area contributed by atoms with Crippen molar-refractivity contribution in [3.63, 3.8) is 0 Å². The third-order valence-corrected chi connectivity index (χ3v) is 4.67. The van der Waals surface area contributed by atoms with E-state index in [1.807, 2.05) is 62.4 Å². The minimum atomic E-state index is -0.544. The highest BCUT2D eigenvalue weighted by atomic mass is 16.5. The zero-order valence-corrected chi connectivity index (χ0v) is 17.2. The molecule has 5 nitrogen and oxygen atoms in total. The molecule has 5 heteroatoms. The largest absolute Gasteiger partial charge is 0.497 e. The Bertz CT molecular complexity index is 787. The van der Waals surface area contributed by atoms with E-state index < -0.39 is 6.04 Å². The molecule has 2 amide bonds. The van der Waals surface area contributed by atoms with E-state index in [4.69, 9.17) is 4.74 Å². The number of methoxy groups -OCH3 is 1. The summed E-state index contributed by atoms with van der Waals surface area (Å²) in [6.07, 6.45) is 1.09. The predicted molar refractivity (Wildman–Crippen MR) is 111 cm³/mol. The monoisotopic (exact) mass is 382 g/mol. The summed E-state index contributed by atoms with van der Waals surface area (Å²) < 4.78 is 5.17. The van der Waals surface area contributed by atoms with E-state index in [0.29, 0.717) is 13.1 Å². The van der Waals surface area contributed by atoms with Crippen LogP contribution >= 0.6 is 0 Å². The quantitative estimate of drug-likeness (QED) is 0.722. The number of ether oxygens (including phenoxy) is 1. The van der Waals surface area contributed by atoms with Crippen molar-refractivity contribution in [3.05, 3.63) is 65.2 Å². The normalized spacial score (nSPS) is 11.6. The van der Waals surface area contributed by atoms with Crippen LogP contribution in [0.15, 0.2) is 48.5 Å². The molecule has 1 N–H and O–H groups in total. The van der Waals surface area contributed by atoms with Gasteiger partial charge in [-0.05, 0) is 43.5 Å². The molecular weight excluding hydrogens is 352 g/mol. The van der Waals surface area contributed by atoms with Gasteiger partial charge in [0.2, 0.25) is 11.8 Å². The van der Waals surface area contributed by atoms with Crippen LogP contribution in [0.4, 0.5) is 0 Å². The number of nitrogens with zero attached hydrogens (tertiary/aromatic N) is 1. The van der Waals surface area contributed by atoms with Crippen LogP contribution in [0.5, 0.6) is 5.75 Å². The van der Waals surface area contributed by atoms with E-state index in [1.165, 1.54) is 0 Å². The second-order valence-electron chi connectivity index (χ2n) is 7.00. The van der Waals surface area contributed by atoms with Gasteiger partial charge in [-0.1, -0.05) is 48.9 Å². The van der Waals surface area contributed by atoms with Crippen molar-refractivity contribution in [1.82, 2.24) is 10.2 Å². The maximum absolute atomic E-state index is 13.1. The van der Waals surface area contributed by atoms with Gasteiger partial charge in [-0.15, -0.1) is 0 Å². The minimum Gasteiger partial charge on any atom is -0.497 e. The number of nitrogens with one attached hydrogen (secondary N) is 1. The summed E-state index contributed by atoms with van der Waals surface area (Å²) >= 11 is 0. The molecule has 0 heterocycles. The number of hydrogen-bond donors (Lipinski definition) is 1. The first-order chi connectivity index (χ1) is 13.4. The van der Waals surface area contributed by atoms with Gasteiger partial charge in [0, 0.05) is 13.1 Å². The van der Waals surface area contributed by atoms with Crippen molar-refractivity contribution >= 4 is 11.8 Å². The molecule has 2 aromatic carbocycles. The topological polar surface area (TPSA) is 58.6 Å². The highest BCUT2D eigenvalue weighted by molar-refractivity contribution is 5.88. The number of benzene rings is 2. The van der Waals surface area contributed by atoms with Crippen LogP contribution in [-0.4, -0.2) is 36.4 Å². The number of aryl methyl sites for hydroxylation is 1. The Morgan fingerprint density at radius 2 is 1.82 bits per heavy atom. The Labute approximate surface area is 167 Å². The lowest BCUT2D eigenvalue weighted by molar-refractivity contribution is -0.140. The Balaban J connectivity index is 2.19. The van der Waals surface area contributed by atoms with Crippen LogP contribution in [0.2, 0.25) is 0 Å². The highest BCUT2D eigenvalue weighted by Gasteiger charge is 2.26. The highest BCUT2D eigenvalue weighted by Crippen LogP contribution is 2.16. The minimum absolute atomic E-state index is 0.0779. The van der Waals surface area contributed by atoms with Gasteiger partial charge in [-0.25, -0.2) is 0 Å². The smallest absolute Gasteiger partial charge is 0.242 e. The van der Waals surface area contributed by atoms with Crippen molar-refractivity contribution in [2.75, 3.05) is 13.7 Å². The number of carbonyl (C=O) groups excluding carboxylic acids is 2. The van der Waals surface area contributed by atoms with Crippen molar-refractivity contribution in [3.8, 4) is 5.75 Å². The molecule has 0 aliphatic heterocycles. The predicted octanol–water partition coefficient (Wildman–Crippen LogP) is 3.49. The van der Waals surface area contributed by atoms with Crippen molar-refractivity contribution in [2.24, 2.45) is 0 Å². The number of hydrogen-bond acceptors (Lipinski definition) is 3. The van der Waals surface area contributed by atoms with Gasteiger partial charge in [-0.3, -0.25) is 9.59 Å². The Hall–Kier alpha value is -2.82. The van der Waals surface area contributed by atoms with E-state index in [2.05, 4.69) is 5.32 Å². The van der Waals surface area contributed by atoms with E-state index in [9.17, 15) is 9.59 Å². The van der Waals surface area contributed by atoms with Gasteiger partial charge < -0.3 is 15.0 Å². The summed E-state index contributed by atoms with van der Waals surface area (Å²) in [4.78, 5) is 27.3. The second-order valence-corrected chi connectivity index (χ2v) is 7.00. The first-order valence-corrected chi connectivity index (χ1v) is 9.70. The average molecular weight is 383 g/mol. The molecule has 0 bridgehead atoms. The summed E-state index contributed by atoms with van der Waals surface area (Å²) in [7, 11) is 1.61. The van der Waals surface area contributed by atoms with E-state index in [1.54, 1.807) is 18.9 Å². The molecule has 0 radical (unpaired) electrons. The molecule has 28 heavy (non-hydrogen) atoms. The second kappa shape index (κ2) is 10.5. The zero-order valence-electron chi connectivity index (χ0n) is 17.2. The fraction of sp³-hybridized carbons (Fsp3) is 0.391. The molecule has 150 valence electrons. The Kier molecular flexibility index (Phi) is 8.05. The SMILES string of the molecule is CCCNC(=O)C(C)N(Cc1cccc(C)c1)C(=O)Cc1ccc(OC)cc1. The van der Waals surface area contributed by atoms with Gasteiger partial charge >= 0.3 is 0 Å². The lowest BCUT2D eigenvalue weighted by atomic mass is 10.1. The molecule has 0 saturated heterocycles. The Morgan fingerprint density at radius 3 is 2.43 bits per heavy atom. The molecule has 2 rings (SSSR count). The molecule has 0 fully saturated rings. The summed E-state index contributed by atoms with van der Waals surface area (Å²) in [6.45, 7) is 6.81. The first kappa shape index (κ1) is 21.5. The molecule has 0 aliphatic rings. The standard InChI is InChI=1S/C23H30N2O3/c1-5-13-24-23(27)18(3)25(16-20-8-6-7-17(2)14-20)22(26)15-19-9-11-21(28-4)12-10-19/h6-12,14,18H,5,13,15-16H2,1-4H3,(H,24,27). The molecule has 0 aliphatic carbocycles. The zero-order chi connectivity index (χ0) is 20.5. The van der Waals surface area contributed by atoms with E-state index in [0.717, 1.165) is 28.9 Å². The lowest BCUT2D eigenvalue weighted by Gasteiger charge is -2.29. The average Bonchev–Trinajstić information content (AvgIpc) is 2.70. The number of rotatable bonds is 9. The van der Waals surface area contributed by atoms with Crippen LogP contribution in [0.25, 0.3) is 0 Å². The van der Waals surface area contributed by atoms with Gasteiger partial charge in [-0.2, -0.15) is 0 Å². The molecular formula is C23H30N2O3. The first-order valence-electron chi connectivity index (χ1n) is 9.70. The van der Waals surface area contributed by atoms with Gasteiger partial charge in [0.05, 0.1) is 13.5 Å². The van der Waals surface area contributed by atoms with Gasteiger partial charge in [0.15, 0.2) is 0 Å². The molecule has 0 aromatic heterocycles. The third-order valence-electron chi connectivity index (χ3n) is 4.67. The van der Waals surface area contributed by atoms with Crippen LogP contribution in [0.1, 0.15) is 37.0 Å². The maximum Gasteiger partial charge on any atom is 0.242 e. The fourth-order valence-corrected chi connectivity index (χ4v) is 3.01. The Morgan fingerprint density at radius 1 is 1.11 bits per heavy atom. The van der Waals surface area contributed by atoms with Crippen LogP contribution in [-0.2, 0) is 22.6 Å².